The topological polar surface area (TPSA) is 49.8 Å². The molecule has 0 aromatic carbocycles. The second kappa shape index (κ2) is 4.37. The van der Waals surface area contributed by atoms with Crippen LogP contribution in [-0.4, -0.2) is 29.1 Å². The molecule has 3 rings (SSSR count). The zero-order valence-electron chi connectivity index (χ0n) is 9.45. The summed E-state index contributed by atoms with van der Waals surface area (Å²) in [5.74, 6) is 2.64. The summed E-state index contributed by atoms with van der Waals surface area (Å²) in [5.41, 5.74) is 0. The van der Waals surface area contributed by atoms with E-state index in [1.807, 2.05) is 12.3 Å². The number of piperidine rings is 1. The zero-order chi connectivity index (χ0) is 10.8. The molecule has 2 aliphatic rings. The average molecular weight is 218 g/mol. The number of hydrogen-bond acceptors (Lipinski definition) is 4. The van der Waals surface area contributed by atoms with E-state index in [9.17, 15) is 0 Å². The van der Waals surface area contributed by atoms with Gasteiger partial charge >= 0.3 is 0 Å². The van der Waals surface area contributed by atoms with Crippen LogP contribution in [0.2, 0.25) is 0 Å². The number of nitrogens with zero attached hydrogens (tertiary/aromatic N) is 2. The van der Waals surface area contributed by atoms with Gasteiger partial charge in [-0.2, -0.15) is 0 Å². The molecule has 1 aromatic heterocycles. The van der Waals surface area contributed by atoms with E-state index < -0.39 is 0 Å². The lowest BCUT2D eigenvalue weighted by Gasteiger charge is -2.24. The minimum atomic E-state index is 0.524. The van der Waals surface area contributed by atoms with Crippen LogP contribution in [0.3, 0.4) is 0 Å². The summed E-state index contributed by atoms with van der Waals surface area (Å²) in [6.45, 7) is 2.19. The lowest BCUT2D eigenvalue weighted by Crippen LogP contribution is -2.38. The van der Waals surface area contributed by atoms with Crippen molar-refractivity contribution < 1.29 is 0 Å². The number of hydrogen-bond donors (Lipinski definition) is 2. The van der Waals surface area contributed by atoms with Gasteiger partial charge in [0.05, 0.1) is 0 Å². The molecule has 2 N–H and O–H groups in total. The largest absolute Gasteiger partial charge is 0.366 e. The van der Waals surface area contributed by atoms with Crippen molar-refractivity contribution in [3.05, 3.63) is 18.1 Å². The summed E-state index contributed by atoms with van der Waals surface area (Å²) in [6.07, 6.45) is 6.87. The van der Waals surface area contributed by atoms with Gasteiger partial charge in [0.2, 0.25) is 0 Å². The first-order chi connectivity index (χ1) is 7.92. The van der Waals surface area contributed by atoms with Crippen LogP contribution in [0.1, 0.15) is 37.4 Å². The maximum absolute atomic E-state index is 4.58. The molecule has 1 aliphatic carbocycles. The number of nitrogens with one attached hydrogen (secondary N) is 2. The van der Waals surface area contributed by atoms with E-state index in [0.717, 1.165) is 24.7 Å². The Morgan fingerprint density at radius 3 is 3.00 bits per heavy atom. The smallest absolute Gasteiger partial charge is 0.133 e. The molecule has 1 atom stereocenters. The fourth-order valence-corrected chi connectivity index (χ4v) is 2.18. The van der Waals surface area contributed by atoms with Crippen LogP contribution in [0.25, 0.3) is 0 Å². The molecule has 16 heavy (non-hydrogen) atoms. The lowest BCUT2D eigenvalue weighted by atomic mass is 10.1. The van der Waals surface area contributed by atoms with Crippen molar-refractivity contribution in [3.63, 3.8) is 0 Å². The molecule has 0 unspecified atom stereocenters. The van der Waals surface area contributed by atoms with Gasteiger partial charge in [-0.25, -0.2) is 9.97 Å². The minimum absolute atomic E-state index is 0.524. The third-order valence-corrected chi connectivity index (χ3v) is 3.27. The van der Waals surface area contributed by atoms with Crippen LogP contribution >= 0.6 is 0 Å². The van der Waals surface area contributed by atoms with Crippen LogP contribution in [0.15, 0.2) is 12.3 Å². The molecule has 0 radical (unpaired) electrons. The Bertz CT molecular complexity index is 356. The number of anilines is 1. The van der Waals surface area contributed by atoms with Gasteiger partial charge in [0.1, 0.15) is 11.6 Å². The summed E-state index contributed by atoms with van der Waals surface area (Å²) in [4.78, 5) is 8.91. The average Bonchev–Trinajstić information content (AvgIpc) is 3.15. The van der Waals surface area contributed by atoms with Crippen molar-refractivity contribution >= 4 is 5.82 Å². The maximum atomic E-state index is 4.58. The van der Waals surface area contributed by atoms with Crippen molar-refractivity contribution in [2.75, 3.05) is 18.4 Å². The van der Waals surface area contributed by atoms with Gasteiger partial charge in [-0.3, -0.25) is 0 Å². The van der Waals surface area contributed by atoms with Crippen molar-refractivity contribution in [2.45, 2.75) is 37.6 Å². The zero-order valence-corrected chi connectivity index (χ0v) is 9.45. The van der Waals surface area contributed by atoms with Crippen molar-refractivity contribution in [3.8, 4) is 0 Å². The van der Waals surface area contributed by atoms with Crippen LogP contribution in [-0.2, 0) is 0 Å². The van der Waals surface area contributed by atoms with E-state index in [4.69, 9.17) is 0 Å². The van der Waals surface area contributed by atoms with E-state index in [0.29, 0.717) is 12.0 Å². The first-order valence-electron chi connectivity index (χ1n) is 6.22. The van der Waals surface area contributed by atoms with Gasteiger partial charge < -0.3 is 10.6 Å². The SMILES string of the molecule is c1cc(N[C@@H]2CCCNC2)nc(C2CC2)n1. The molecule has 2 fully saturated rings. The fourth-order valence-electron chi connectivity index (χ4n) is 2.18. The van der Waals surface area contributed by atoms with Gasteiger partial charge in [-0.05, 0) is 38.3 Å². The van der Waals surface area contributed by atoms with Gasteiger partial charge in [0, 0.05) is 24.7 Å². The molecule has 1 saturated heterocycles. The summed E-state index contributed by atoms with van der Waals surface area (Å²) < 4.78 is 0. The molecule has 86 valence electrons. The first-order valence-corrected chi connectivity index (χ1v) is 6.22. The molecule has 1 aliphatic heterocycles. The Labute approximate surface area is 95.9 Å². The van der Waals surface area contributed by atoms with Crippen LogP contribution in [0.5, 0.6) is 0 Å². The third kappa shape index (κ3) is 2.32. The number of rotatable bonds is 3. The lowest BCUT2D eigenvalue weighted by molar-refractivity contribution is 0.479. The van der Waals surface area contributed by atoms with Gasteiger partial charge in [-0.15, -0.1) is 0 Å². The fraction of sp³-hybridized carbons (Fsp3) is 0.667. The third-order valence-electron chi connectivity index (χ3n) is 3.27. The molecular weight excluding hydrogens is 200 g/mol. The maximum Gasteiger partial charge on any atom is 0.133 e. The second-order valence-electron chi connectivity index (χ2n) is 4.76. The molecule has 0 bridgehead atoms. The molecule has 0 spiro atoms. The molecule has 2 heterocycles. The number of aromatic nitrogens is 2. The van der Waals surface area contributed by atoms with Gasteiger partial charge in [-0.1, -0.05) is 0 Å². The highest BCUT2D eigenvalue weighted by atomic mass is 15.1. The molecular formula is C12H18N4. The van der Waals surface area contributed by atoms with Crippen LogP contribution in [0.4, 0.5) is 5.82 Å². The van der Waals surface area contributed by atoms with E-state index in [2.05, 4.69) is 20.6 Å². The Hall–Kier alpha value is -1.16. The quantitative estimate of drug-likeness (QED) is 0.807. The van der Waals surface area contributed by atoms with Crippen LogP contribution < -0.4 is 10.6 Å². The van der Waals surface area contributed by atoms with Gasteiger partial charge in [0.15, 0.2) is 0 Å². The highest BCUT2D eigenvalue weighted by Gasteiger charge is 2.26. The van der Waals surface area contributed by atoms with E-state index >= 15 is 0 Å². The molecule has 1 aromatic rings. The van der Waals surface area contributed by atoms with Gasteiger partial charge in [0.25, 0.3) is 0 Å². The Morgan fingerprint density at radius 1 is 1.31 bits per heavy atom. The predicted octanol–water partition coefficient (Wildman–Crippen LogP) is 1.52. The normalized spacial score (nSPS) is 25.4. The van der Waals surface area contributed by atoms with E-state index in [1.165, 1.54) is 25.7 Å². The van der Waals surface area contributed by atoms with Crippen molar-refractivity contribution in [2.24, 2.45) is 0 Å². The first kappa shape index (κ1) is 10.0. The Kier molecular flexibility index (Phi) is 2.74. The minimum Gasteiger partial charge on any atom is -0.366 e. The standard InChI is InChI=1S/C12H18N4/c1-2-10(8-13-6-1)15-11-5-7-14-12(16-11)9-3-4-9/h5,7,9-10,13H,1-4,6,8H2,(H,14,15,16)/t10-/m1/s1. The summed E-state index contributed by atoms with van der Waals surface area (Å²) >= 11 is 0. The summed E-state index contributed by atoms with van der Waals surface area (Å²) in [7, 11) is 0. The highest BCUT2D eigenvalue weighted by Crippen LogP contribution is 2.38. The summed E-state index contributed by atoms with van der Waals surface area (Å²) in [6, 6.07) is 2.50. The van der Waals surface area contributed by atoms with Crippen LogP contribution in [0, 0.1) is 0 Å². The molecule has 4 nitrogen and oxygen atoms in total. The predicted molar refractivity (Wildman–Crippen MR) is 63.5 cm³/mol. The molecule has 0 amide bonds. The summed E-state index contributed by atoms with van der Waals surface area (Å²) in [5, 5.41) is 6.89. The van der Waals surface area contributed by atoms with Crippen molar-refractivity contribution in [1.29, 1.82) is 0 Å². The second-order valence-corrected chi connectivity index (χ2v) is 4.76. The van der Waals surface area contributed by atoms with E-state index in [-0.39, 0.29) is 0 Å². The molecule has 1 saturated carbocycles. The van der Waals surface area contributed by atoms with E-state index in [1.54, 1.807) is 0 Å². The Balaban J connectivity index is 1.66. The monoisotopic (exact) mass is 218 g/mol. The Morgan fingerprint density at radius 2 is 2.25 bits per heavy atom. The highest BCUT2D eigenvalue weighted by molar-refractivity contribution is 5.35. The molecule has 4 heteroatoms. The van der Waals surface area contributed by atoms with Crippen molar-refractivity contribution in [1.82, 2.24) is 15.3 Å².